The van der Waals surface area contributed by atoms with Crippen LogP contribution in [0.15, 0.2) is 36.4 Å². The van der Waals surface area contributed by atoms with Gasteiger partial charge in [0.05, 0.1) is 11.0 Å². The standard InChI is InChI=1S/C26H31F2N3O4/c1-17-14-21(5-9-25(17)31(33)34)29-20-3-6-22(7-4-20)35-16-26(32)30-12-10-18(11-13-30)23-8-2-19(27)15-24(23)28/h2,5,8-9,14-15,18,20,22,29H,3-4,6-7,10-13,16H2,1H3. The van der Waals surface area contributed by atoms with Crippen molar-refractivity contribution in [3.05, 3.63) is 69.3 Å². The van der Waals surface area contributed by atoms with Crippen molar-refractivity contribution in [3.8, 4) is 0 Å². The van der Waals surface area contributed by atoms with Crippen molar-refractivity contribution >= 4 is 17.3 Å². The smallest absolute Gasteiger partial charge is 0.272 e. The molecular weight excluding hydrogens is 456 g/mol. The molecule has 1 heterocycles. The van der Waals surface area contributed by atoms with Gasteiger partial charge in [0.1, 0.15) is 18.2 Å². The van der Waals surface area contributed by atoms with Crippen LogP contribution in [0.4, 0.5) is 20.2 Å². The maximum Gasteiger partial charge on any atom is 0.272 e. The molecule has 4 rings (SSSR count). The molecule has 0 bridgehead atoms. The zero-order chi connectivity index (χ0) is 24.9. The average molecular weight is 488 g/mol. The summed E-state index contributed by atoms with van der Waals surface area (Å²) >= 11 is 0. The van der Waals surface area contributed by atoms with E-state index in [4.69, 9.17) is 4.74 Å². The summed E-state index contributed by atoms with van der Waals surface area (Å²) in [5.41, 5.74) is 2.13. The molecule has 2 fully saturated rings. The minimum Gasteiger partial charge on any atom is -0.382 e. The number of nitro groups is 1. The van der Waals surface area contributed by atoms with Crippen LogP contribution in [-0.2, 0) is 9.53 Å². The molecule has 0 aromatic heterocycles. The number of hydrogen-bond donors (Lipinski definition) is 1. The fraction of sp³-hybridized carbons (Fsp3) is 0.500. The molecule has 2 aromatic carbocycles. The summed E-state index contributed by atoms with van der Waals surface area (Å²) in [6.45, 7) is 2.85. The van der Waals surface area contributed by atoms with Crippen LogP contribution in [0, 0.1) is 28.7 Å². The van der Waals surface area contributed by atoms with Crippen LogP contribution in [0.25, 0.3) is 0 Å². The molecule has 1 amide bonds. The highest BCUT2D eigenvalue weighted by atomic mass is 19.1. The Morgan fingerprint density at radius 1 is 1.09 bits per heavy atom. The summed E-state index contributed by atoms with van der Waals surface area (Å²) in [7, 11) is 0. The molecule has 35 heavy (non-hydrogen) atoms. The van der Waals surface area contributed by atoms with Gasteiger partial charge in [-0.1, -0.05) is 6.07 Å². The number of nitrogens with one attached hydrogen (secondary N) is 1. The number of piperidine rings is 1. The number of carbonyl (C=O) groups excluding carboxylic acids is 1. The highest BCUT2D eigenvalue weighted by Crippen LogP contribution is 2.31. The number of halogens is 2. The molecule has 1 aliphatic heterocycles. The summed E-state index contributed by atoms with van der Waals surface area (Å²) in [4.78, 5) is 25.0. The van der Waals surface area contributed by atoms with E-state index in [1.165, 1.54) is 18.2 Å². The number of nitro benzene ring substituents is 1. The van der Waals surface area contributed by atoms with Crippen LogP contribution in [0.5, 0.6) is 0 Å². The Kier molecular flexibility index (Phi) is 7.95. The third-order valence-electron chi connectivity index (χ3n) is 7.13. The van der Waals surface area contributed by atoms with Crippen molar-refractivity contribution in [2.75, 3.05) is 25.0 Å². The fourth-order valence-corrected chi connectivity index (χ4v) is 5.11. The molecule has 188 valence electrons. The summed E-state index contributed by atoms with van der Waals surface area (Å²) in [5.74, 6) is -1.17. The highest BCUT2D eigenvalue weighted by Gasteiger charge is 2.27. The summed E-state index contributed by atoms with van der Waals surface area (Å²) in [6, 6.07) is 9.02. The van der Waals surface area contributed by atoms with E-state index in [2.05, 4.69) is 5.32 Å². The predicted octanol–water partition coefficient (Wildman–Crippen LogP) is 5.33. The van der Waals surface area contributed by atoms with Gasteiger partial charge in [-0.15, -0.1) is 0 Å². The maximum atomic E-state index is 14.1. The van der Waals surface area contributed by atoms with Crippen LogP contribution in [0.2, 0.25) is 0 Å². The van der Waals surface area contributed by atoms with E-state index in [0.29, 0.717) is 37.1 Å². The molecule has 1 N–H and O–H groups in total. The molecule has 0 unspecified atom stereocenters. The second-order valence-electron chi connectivity index (χ2n) is 9.51. The van der Waals surface area contributed by atoms with E-state index in [0.717, 1.165) is 37.4 Å². The Bertz CT molecular complexity index is 1060. The second-order valence-corrected chi connectivity index (χ2v) is 9.51. The first kappa shape index (κ1) is 25.0. The number of aryl methyl sites for hydroxylation is 1. The zero-order valence-corrected chi connectivity index (χ0v) is 19.8. The summed E-state index contributed by atoms with van der Waals surface area (Å²) in [6.07, 6.45) is 4.78. The van der Waals surface area contributed by atoms with Crippen LogP contribution in [0.1, 0.15) is 55.6 Å². The third kappa shape index (κ3) is 6.33. The van der Waals surface area contributed by atoms with Gasteiger partial charge in [0.25, 0.3) is 5.69 Å². The van der Waals surface area contributed by atoms with E-state index in [1.54, 1.807) is 24.0 Å². The van der Waals surface area contributed by atoms with Gasteiger partial charge in [-0.3, -0.25) is 14.9 Å². The molecule has 0 atom stereocenters. The summed E-state index contributed by atoms with van der Waals surface area (Å²) in [5, 5.41) is 14.4. The van der Waals surface area contributed by atoms with Gasteiger partial charge < -0.3 is 15.0 Å². The van der Waals surface area contributed by atoms with Crippen molar-refractivity contribution in [3.63, 3.8) is 0 Å². The minimum absolute atomic E-state index is 0.0112. The Labute approximate surface area is 203 Å². The predicted molar refractivity (Wildman–Crippen MR) is 128 cm³/mol. The number of carbonyl (C=O) groups is 1. The quantitative estimate of drug-likeness (QED) is 0.422. The van der Waals surface area contributed by atoms with Crippen LogP contribution < -0.4 is 5.32 Å². The van der Waals surface area contributed by atoms with Crippen molar-refractivity contribution in [1.82, 2.24) is 4.90 Å². The van der Waals surface area contributed by atoms with E-state index in [-0.39, 0.29) is 41.2 Å². The molecule has 2 aromatic rings. The number of amides is 1. The van der Waals surface area contributed by atoms with E-state index >= 15 is 0 Å². The first-order valence-electron chi connectivity index (χ1n) is 12.2. The Morgan fingerprint density at radius 3 is 2.43 bits per heavy atom. The van der Waals surface area contributed by atoms with Gasteiger partial charge in [-0.2, -0.15) is 0 Å². The average Bonchev–Trinajstić information content (AvgIpc) is 2.83. The minimum atomic E-state index is -0.581. The van der Waals surface area contributed by atoms with E-state index in [9.17, 15) is 23.7 Å². The molecule has 7 nitrogen and oxygen atoms in total. The monoisotopic (exact) mass is 487 g/mol. The van der Waals surface area contributed by atoms with Crippen LogP contribution in [-0.4, -0.2) is 47.6 Å². The molecule has 1 aliphatic carbocycles. The van der Waals surface area contributed by atoms with Gasteiger partial charge in [-0.05, 0) is 75.1 Å². The third-order valence-corrected chi connectivity index (χ3v) is 7.13. The lowest BCUT2D eigenvalue weighted by molar-refractivity contribution is -0.385. The number of likely N-dealkylation sites (tertiary alicyclic amines) is 1. The number of nitrogens with zero attached hydrogens (tertiary/aromatic N) is 2. The van der Waals surface area contributed by atoms with E-state index < -0.39 is 11.6 Å². The number of ether oxygens (including phenoxy) is 1. The molecule has 2 aliphatic rings. The van der Waals surface area contributed by atoms with Crippen molar-refractivity contribution < 1.29 is 23.2 Å². The van der Waals surface area contributed by atoms with Crippen LogP contribution in [0.3, 0.4) is 0 Å². The second kappa shape index (κ2) is 11.1. The largest absolute Gasteiger partial charge is 0.382 e. The van der Waals surface area contributed by atoms with Gasteiger partial charge in [0, 0.05) is 42.5 Å². The molecule has 9 heteroatoms. The van der Waals surface area contributed by atoms with Gasteiger partial charge in [-0.25, -0.2) is 8.78 Å². The van der Waals surface area contributed by atoms with Crippen molar-refractivity contribution in [2.24, 2.45) is 0 Å². The molecular formula is C26H31F2N3O4. The van der Waals surface area contributed by atoms with Crippen LogP contribution >= 0.6 is 0 Å². The molecule has 1 saturated heterocycles. The van der Waals surface area contributed by atoms with Gasteiger partial charge >= 0.3 is 0 Å². The Balaban J connectivity index is 1.17. The fourth-order valence-electron chi connectivity index (χ4n) is 5.11. The van der Waals surface area contributed by atoms with E-state index in [1.807, 2.05) is 0 Å². The molecule has 0 spiro atoms. The summed E-state index contributed by atoms with van der Waals surface area (Å²) < 4.78 is 33.1. The first-order chi connectivity index (χ1) is 16.8. The Hall–Kier alpha value is -3.07. The SMILES string of the molecule is Cc1cc(NC2CCC(OCC(=O)N3CCC(c4ccc(F)cc4F)CC3)CC2)ccc1[N+](=O)[O-]. The normalized spacial score (nSPS) is 21.1. The molecule has 1 saturated carbocycles. The lowest BCUT2D eigenvalue weighted by Crippen LogP contribution is -2.41. The molecule has 0 radical (unpaired) electrons. The van der Waals surface area contributed by atoms with Crippen molar-refractivity contribution in [1.29, 1.82) is 0 Å². The topological polar surface area (TPSA) is 84.7 Å². The number of hydrogen-bond acceptors (Lipinski definition) is 5. The van der Waals surface area contributed by atoms with Crippen molar-refractivity contribution in [2.45, 2.75) is 63.5 Å². The number of benzene rings is 2. The lowest BCUT2D eigenvalue weighted by atomic mass is 9.89. The van der Waals surface area contributed by atoms with Gasteiger partial charge in [0.15, 0.2) is 0 Å². The lowest BCUT2D eigenvalue weighted by Gasteiger charge is -2.33. The van der Waals surface area contributed by atoms with Gasteiger partial charge in [0.2, 0.25) is 5.91 Å². The number of anilines is 1. The highest BCUT2D eigenvalue weighted by molar-refractivity contribution is 5.77. The maximum absolute atomic E-state index is 14.1. The first-order valence-corrected chi connectivity index (χ1v) is 12.2. The Morgan fingerprint density at radius 2 is 1.80 bits per heavy atom. The zero-order valence-electron chi connectivity index (χ0n) is 19.8. The number of rotatable bonds is 7.